The van der Waals surface area contributed by atoms with Crippen molar-refractivity contribution < 1.29 is 0 Å². The van der Waals surface area contributed by atoms with Crippen molar-refractivity contribution in [2.75, 3.05) is 0 Å². The van der Waals surface area contributed by atoms with Gasteiger partial charge in [0.1, 0.15) is 0 Å². The van der Waals surface area contributed by atoms with Gasteiger partial charge >= 0.3 is 0 Å². The molecule has 0 aliphatic heterocycles. The van der Waals surface area contributed by atoms with Gasteiger partial charge in [0.25, 0.3) is 0 Å². The average molecular weight is 255 g/mol. The molecule has 0 radical (unpaired) electrons. The fraction of sp³-hybridized carbons (Fsp3) is 0.538. The minimum absolute atomic E-state index is 0.611. The van der Waals surface area contributed by atoms with E-state index in [-0.39, 0.29) is 0 Å². The zero-order valence-electron chi connectivity index (χ0n) is 9.47. The smallest absolute Gasteiger partial charge is 0.0210 e. The Kier molecular flexibility index (Phi) is 4.18. The molecular formula is C13H19Br. The molecule has 0 aliphatic carbocycles. The molecule has 0 amide bonds. The van der Waals surface area contributed by atoms with E-state index in [4.69, 9.17) is 0 Å². The summed E-state index contributed by atoms with van der Waals surface area (Å²) in [5.74, 6) is 1.33. The Bertz CT molecular complexity index is 300. The van der Waals surface area contributed by atoms with Gasteiger partial charge in [-0.3, -0.25) is 0 Å². The highest BCUT2D eigenvalue weighted by Gasteiger charge is 2.05. The summed E-state index contributed by atoms with van der Waals surface area (Å²) in [5.41, 5.74) is 2.83. The van der Waals surface area contributed by atoms with Gasteiger partial charge in [0.05, 0.1) is 0 Å². The van der Waals surface area contributed by atoms with Gasteiger partial charge in [-0.2, -0.15) is 0 Å². The molecule has 0 saturated carbocycles. The fourth-order valence-corrected chi connectivity index (χ4v) is 2.09. The van der Waals surface area contributed by atoms with Gasteiger partial charge in [-0.1, -0.05) is 55.8 Å². The van der Waals surface area contributed by atoms with E-state index < -0.39 is 0 Å². The van der Waals surface area contributed by atoms with Crippen LogP contribution in [0.2, 0.25) is 0 Å². The Labute approximate surface area is 95.9 Å². The molecule has 0 heterocycles. The van der Waals surface area contributed by atoms with Crippen LogP contribution in [-0.4, -0.2) is 0 Å². The van der Waals surface area contributed by atoms with Gasteiger partial charge in [0.2, 0.25) is 0 Å². The Hall–Kier alpha value is -0.300. The lowest BCUT2D eigenvalue weighted by atomic mass is 9.98. The highest BCUT2D eigenvalue weighted by atomic mass is 79.9. The minimum Gasteiger partial charge on any atom is -0.0625 e. The summed E-state index contributed by atoms with van der Waals surface area (Å²) in [4.78, 5) is 0. The van der Waals surface area contributed by atoms with Crippen LogP contribution in [0.15, 0.2) is 22.7 Å². The third kappa shape index (κ3) is 3.13. The number of halogens is 1. The van der Waals surface area contributed by atoms with Gasteiger partial charge in [-0.15, -0.1) is 0 Å². The first-order chi connectivity index (χ1) is 6.50. The Balaban J connectivity index is 2.90. The predicted octanol–water partition coefficient (Wildman–Crippen LogP) is 4.77. The van der Waals surface area contributed by atoms with Gasteiger partial charge in [-0.25, -0.2) is 0 Å². The van der Waals surface area contributed by atoms with E-state index in [1.165, 1.54) is 15.6 Å². The molecule has 14 heavy (non-hydrogen) atoms. The molecule has 1 heteroatoms. The van der Waals surface area contributed by atoms with Crippen molar-refractivity contribution in [3.8, 4) is 0 Å². The van der Waals surface area contributed by atoms with Crippen molar-refractivity contribution in [1.82, 2.24) is 0 Å². The molecule has 1 aromatic rings. The molecule has 0 aromatic heterocycles. The van der Waals surface area contributed by atoms with Crippen molar-refractivity contribution >= 4 is 15.9 Å². The number of benzene rings is 1. The summed E-state index contributed by atoms with van der Waals surface area (Å²) in [7, 11) is 0. The molecule has 0 nitrogen and oxygen atoms in total. The molecule has 0 unspecified atom stereocenters. The van der Waals surface area contributed by atoms with Crippen LogP contribution in [0, 0.1) is 5.92 Å². The minimum atomic E-state index is 0.611. The Morgan fingerprint density at radius 1 is 1.14 bits per heavy atom. The maximum Gasteiger partial charge on any atom is 0.0210 e. The van der Waals surface area contributed by atoms with Crippen LogP contribution in [0.1, 0.15) is 44.7 Å². The van der Waals surface area contributed by atoms with Crippen LogP contribution in [0.3, 0.4) is 0 Å². The zero-order chi connectivity index (χ0) is 10.7. The monoisotopic (exact) mass is 254 g/mol. The summed E-state index contributed by atoms with van der Waals surface area (Å²) < 4.78 is 1.26. The molecule has 0 saturated heterocycles. The molecule has 0 aliphatic rings. The van der Waals surface area contributed by atoms with Crippen LogP contribution in [-0.2, 0) is 6.42 Å². The second-order valence-electron chi connectivity index (χ2n) is 4.60. The molecule has 0 bridgehead atoms. The molecule has 1 aromatic carbocycles. The largest absolute Gasteiger partial charge is 0.0625 e. The number of rotatable bonds is 3. The van der Waals surface area contributed by atoms with Gasteiger partial charge < -0.3 is 0 Å². The Morgan fingerprint density at radius 3 is 2.21 bits per heavy atom. The Morgan fingerprint density at radius 2 is 1.79 bits per heavy atom. The first-order valence-corrected chi connectivity index (χ1v) is 6.08. The summed E-state index contributed by atoms with van der Waals surface area (Å²) in [6.45, 7) is 8.96. The number of hydrogen-bond acceptors (Lipinski definition) is 0. The third-order valence-electron chi connectivity index (χ3n) is 2.37. The van der Waals surface area contributed by atoms with E-state index in [1.807, 2.05) is 0 Å². The third-order valence-corrected chi connectivity index (χ3v) is 3.11. The van der Waals surface area contributed by atoms with Crippen molar-refractivity contribution in [2.45, 2.75) is 40.0 Å². The summed E-state index contributed by atoms with van der Waals surface area (Å²) in [6, 6.07) is 6.74. The lowest BCUT2D eigenvalue weighted by Gasteiger charge is -2.11. The first kappa shape index (κ1) is 11.8. The van der Waals surface area contributed by atoms with E-state index in [0.717, 1.165) is 12.3 Å². The number of hydrogen-bond donors (Lipinski definition) is 0. The van der Waals surface area contributed by atoms with Crippen LogP contribution in [0.4, 0.5) is 0 Å². The fourth-order valence-electron chi connectivity index (χ4n) is 1.53. The molecular weight excluding hydrogens is 236 g/mol. The molecule has 0 N–H and O–H groups in total. The van der Waals surface area contributed by atoms with E-state index in [2.05, 4.69) is 61.8 Å². The summed E-state index contributed by atoms with van der Waals surface area (Å²) in [5, 5.41) is 0. The van der Waals surface area contributed by atoms with Gasteiger partial charge in [0.15, 0.2) is 0 Å². The maximum absolute atomic E-state index is 3.64. The lowest BCUT2D eigenvalue weighted by molar-refractivity contribution is 0.645. The van der Waals surface area contributed by atoms with E-state index in [9.17, 15) is 0 Å². The lowest BCUT2D eigenvalue weighted by Crippen LogP contribution is -1.96. The predicted molar refractivity (Wildman–Crippen MR) is 66.8 cm³/mol. The standard InChI is InChI=1S/C13H19Br/c1-9(2)7-12-6-5-11(10(3)4)8-13(12)14/h5-6,8-10H,7H2,1-4H3. The van der Waals surface area contributed by atoms with Crippen LogP contribution < -0.4 is 0 Å². The summed E-state index contributed by atoms with van der Waals surface area (Å²) in [6.07, 6.45) is 1.15. The molecule has 0 fully saturated rings. The van der Waals surface area contributed by atoms with Crippen molar-refractivity contribution in [1.29, 1.82) is 0 Å². The maximum atomic E-state index is 3.64. The van der Waals surface area contributed by atoms with Gasteiger partial charge in [-0.05, 0) is 35.4 Å². The zero-order valence-corrected chi connectivity index (χ0v) is 11.1. The van der Waals surface area contributed by atoms with E-state index in [1.54, 1.807) is 0 Å². The van der Waals surface area contributed by atoms with Crippen LogP contribution in [0.25, 0.3) is 0 Å². The van der Waals surface area contributed by atoms with Crippen molar-refractivity contribution in [3.05, 3.63) is 33.8 Å². The first-order valence-electron chi connectivity index (χ1n) is 5.29. The molecule has 0 spiro atoms. The normalized spacial score (nSPS) is 11.4. The highest BCUT2D eigenvalue weighted by Crippen LogP contribution is 2.24. The second kappa shape index (κ2) is 4.97. The summed E-state index contributed by atoms with van der Waals surface area (Å²) >= 11 is 3.64. The molecule has 1 rings (SSSR count). The quantitative estimate of drug-likeness (QED) is 0.729. The molecule has 0 atom stereocenters. The van der Waals surface area contributed by atoms with E-state index >= 15 is 0 Å². The van der Waals surface area contributed by atoms with Gasteiger partial charge in [0, 0.05) is 4.47 Å². The van der Waals surface area contributed by atoms with Crippen molar-refractivity contribution in [3.63, 3.8) is 0 Å². The topological polar surface area (TPSA) is 0 Å². The van der Waals surface area contributed by atoms with Crippen molar-refractivity contribution in [2.24, 2.45) is 5.92 Å². The molecule has 78 valence electrons. The average Bonchev–Trinajstić information content (AvgIpc) is 2.07. The highest BCUT2D eigenvalue weighted by molar-refractivity contribution is 9.10. The SMILES string of the molecule is CC(C)Cc1ccc(C(C)C)cc1Br. The second-order valence-corrected chi connectivity index (χ2v) is 5.46. The van der Waals surface area contributed by atoms with Crippen LogP contribution in [0.5, 0.6) is 0 Å². The van der Waals surface area contributed by atoms with Crippen LogP contribution >= 0.6 is 15.9 Å². The van der Waals surface area contributed by atoms with E-state index in [0.29, 0.717) is 5.92 Å².